The van der Waals surface area contributed by atoms with Crippen LogP contribution >= 0.6 is 0 Å². The third kappa shape index (κ3) is 5.84. The first kappa shape index (κ1) is 27.5. The Morgan fingerprint density at radius 3 is 2.08 bits per heavy atom. The molecule has 2 atom stereocenters. The molecule has 0 amide bonds. The second kappa shape index (κ2) is 12.3. The van der Waals surface area contributed by atoms with Gasteiger partial charge in [-0.2, -0.15) is 0 Å². The van der Waals surface area contributed by atoms with Gasteiger partial charge in [0.2, 0.25) is 0 Å². The Kier molecular flexibility index (Phi) is 9.38. The Labute approximate surface area is 225 Å². The zero-order chi connectivity index (χ0) is 24.8. The zero-order valence-corrected chi connectivity index (χ0v) is 22.2. The summed E-state index contributed by atoms with van der Waals surface area (Å²) in [7, 11) is -2.27. The summed E-state index contributed by atoms with van der Waals surface area (Å²) in [6, 6.07) is 15.6. The van der Waals surface area contributed by atoms with Crippen molar-refractivity contribution in [3.05, 3.63) is 145 Å². The van der Waals surface area contributed by atoms with Crippen LogP contribution in [-0.2, 0) is 31.8 Å². The molecule has 6 heteroatoms. The van der Waals surface area contributed by atoms with Crippen LogP contribution in [0.25, 0.3) is 0 Å². The molecule has 2 radical (unpaired) electrons. The van der Waals surface area contributed by atoms with Crippen molar-refractivity contribution in [3.63, 3.8) is 0 Å². The van der Waals surface area contributed by atoms with Gasteiger partial charge >= 0.3 is 0 Å². The molecule has 0 aliphatic heterocycles. The maximum absolute atomic E-state index is 13.9. The van der Waals surface area contributed by atoms with E-state index in [9.17, 15) is 8.42 Å². The summed E-state index contributed by atoms with van der Waals surface area (Å²) >= 11 is 0. The first-order chi connectivity index (χ1) is 16.9. The molecule has 3 aliphatic carbocycles. The van der Waals surface area contributed by atoms with Gasteiger partial charge in [0.05, 0.1) is 23.7 Å². The minimum absolute atomic E-state index is 0. The molecule has 0 saturated heterocycles. The van der Waals surface area contributed by atoms with E-state index in [1.54, 1.807) is 19.2 Å². The van der Waals surface area contributed by atoms with Gasteiger partial charge in [0.25, 0.3) is 10.0 Å². The van der Waals surface area contributed by atoms with E-state index in [0.29, 0.717) is 17.0 Å². The predicted octanol–water partition coefficient (Wildman–Crippen LogP) is 6.29. The molecule has 5 rings (SSSR count). The van der Waals surface area contributed by atoms with Gasteiger partial charge in [0.1, 0.15) is 5.76 Å². The minimum Gasteiger partial charge on any atom is -0.497 e. The van der Waals surface area contributed by atoms with Crippen LogP contribution in [0.2, 0.25) is 0 Å². The molecule has 36 heavy (non-hydrogen) atoms. The number of anilines is 1. The summed E-state index contributed by atoms with van der Waals surface area (Å²) in [5.74, 6) is 0.411. The van der Waals surface area contributed by atoms with Crippen LogP contribution < -0.4 is 4.31 Å². The molecule has 2 aromatic carbocycles. The number of rotatable bonds is 6. The van der Waals surface area contributed by atoms with E-state index in [2.05, 4.69) is 6.58 Å². The van der Waals surface area contributed by atoms with Gasteiger partial charge in [0.15, 0.2) is 0 Å². The maximum Gasteiger partial charge on any atom is 0.264 e. The molecule has 0 fully saturated rings. The van der Waals surface area contributed by atoms with Gasteiger partial charge in [0, 0.05) is 41.4 Å². The van der Waals surface area contributed by atoms with Gasteiger partial charge < -0.3 is 4.74 Å². The number of para-hydroxylation sites is 1. The summed E-state index contributed by atoms with van der Waals surface area (Å²) in [6.45, 7) is 6.15. The molecule has 186 valence electrons. The van der Waals surface area contributed by atoms with Crippen LogP contribution in [0.15, 0.2) is 132 Å². The summed E-state index contributed by atoms with van der Waals surface area (Å²) < 4.78 is 34.8. The van der Waals surface area contributed by atoms with Crippen molar-refractivity contribution >= 4 is 15.7 Å². The van der Waals surface area contributed by atoms with Crippen molar-refractivity contribution in [2.24, 2.45) is 5.92 Å². The molecule has 0 unspecified atom stereocenters. The topological polar surface area (TPSA) is 46.6 Å². The molecule has 0 bridgehead atoms. The van der Waals surface area contributed by atoms with Crippen molar-refractivity contribution in [2.45, 2.75) is 17.9 Å². The second-order valence-corrected chi connectivity index (χ2v) is 10.2. The fourth-order valence-electron chi connectivity index (χ4n) is 4.27. The van der Waals surface area contributed by atoms with E-state index < -0.39 is 16.1 Å². The number of methoxy groups -OCH3 is 1. The van der Waals surface area contributed by atoms with Gasteiger partial charge in [-0.3, -0.25) is 4.31 Å². The fourth-order valence-corrected chi connectivity index (χ4v) is 5.93. The molecule has 3 aliphatic rings. The quantitative estimate of drug-likeness (QED) is 0.406. The maximum atomic E-state index is 13.9. The third-order valence-corrected chi connectivity index (χ3v) is 7.86. The molecule has 0 heterocycles. The molecule has 0 aromatic heterocycles. The molecule has 0 N–H and O–H groups in total. The standard InChI is InChI=1S/C25H24NO3S.C5H5.Fe/c1-18-13-15-22(16-14-18)30(27,28)26(21-11-5-4-6-12-21)25-19(2)24(29-3)17-23(25)20-9-7-8-10-20;1-2-4-5-3-1;/h4-17,23,25H,2H2,1,3H3;1-5H;/t23-,25+;;/m1../s1. The van der Waals surface area contributed by atoms with Crippen molar-refractivity contribution in [3.8, 4) is 0 Å². The van der Waals surface area contributed by atoms with Gasteiger partial charge in [-0.25, -0.2) is 8.42 Å². The van der Waals surface area contributed by atoms with Crippen molar-refractivity contribution in [2.75, 3.05) is 11.4 Å². The fraction of sp³-hybridized carbons (Fsp3) is 0.133. The van der Waals surface area contributed by atoms with Crippen LogP contribution in [0, 0.1) is 25.7 Å². The Morgan fingerprint density at radius 2 is 1.56 bits per heavy atom. The molecule has 0 spiro atoms. The number of ether oxygens (including phenoxy) is 1. The summed E-state index contributed by atoms with van der Waals surface area (Å²) in [5, 5.41) is 0. The van der Waals surface area contributed by atoms with Gasteiger partial charge in [-0.1, -0.05) is 85.0 Å². The number of hydrogen-bond donors (Lipinski definition) is 0. The zero-order valence-electron chi connectivity index (χ0n) is 20.3. The van der Waals surface area contributed by atoms with Crippen LogP contribution in [0.3, 0.4) is 0 Å². The van der Waals surface area contributed by atoms with Gasteiger partial charge in [-0.05, 0) is 42.8 Å². The number of aryl methyl sites for hydroxylation is 1. The minimum atomic E-state index is -3.86. The Balaban J connectivity index is 0.000000538. The number of nitrogens with zero attached hydrogens (tertiary/aromatic N) is 1. The molecular formula is C30H29FeNO3S. The number of allylic oxidation sites excluding steroid dienone is 7. The van der Waals surface area contributed by atoms with Crippen LogP contribution in [0.5, 0.6) is 0 Å². The monoisotopic (exact) mass is 539 g/mol. The number of sulfonamides is 1. The summed E-state index contributed by atoms with van der Waals surface area (Å²) in [4.78, 5) is 0.247. The Hall–Kier alpha value is -3.05. The van der Waals surface area contributed by atoms with Crippen molar-refractivity contribution in [1.82, 2.24) is 0 Å². The smallest absolute Gasteiger partial charge is 0.264 e. The van der Waals surface area contributed by atoms with Crippen LogP contribution in [0.1, 0.15) is 5.56 Å². The first-order valence-corrected chi connectivity index (χ1v) is 12.9. The molecular weight excluding hydrogens is 510 g/mol. The predicted molar refractivity (Wildman–Crippen MR) is 143 cm³/mol. The van der Waals surface area contributed by atoms with Crippen molar-refractivity contribution in [1.29, 1.82) is 0 Å². The van der Waals surface area contributed by atoms with E-state index in [1.165, 1.54) is 4.31 Å². The Bertz CT molecular complexity index is 1310. The summed E-state index contributed by atoms with van der Waals surface area (Å²) in [5.41, 5.74) is 3.26. The SMILES string of the molecule is C=C1C(OC)=C[C@H](C2=C[CH]C=C2)[C@H]1N(c1ccccc1)S(=O)(=O)c1ccc(C)cc1.[CH]1C=CC=C1.[Fe]. The molecule has 0 saturated carbocycles. The van der Waals surface area contributed by atoms with Gasteiger partial charge in [-0.15, -0.1) is 0 Å². The van der Waals surface area contributed by atoms with E-state index in [0.717, 1.165) is 11.1 Å². The van der Waals surface area contributed by atoms with Crippen LogP contribution in [-0.4, -0.2) is 21.6 Å². The largest absolute Gasteiger partial charge is 0.497 e. The van der Waals surface area contributed by atoms with E-state index in [1.807, 2.05) is 111 Å². The number of hydrogen-bond acceptors (Lipinski definition) is 3. The Morgan fingerprint density at radius 1 is 0.889 bits per heavy atom. The molecule has 4 nitrogen and oxygen atoms in total. The second-order valence-electron chi connectivity index (χ2n) is 8.36. The van der Waals surface area contributed by atoms with E-state index in [4.69, 9.17) is 4.74 Å². The van der Waals surface area contributed by atoms with Crippen LogP contribution in [0.4, 0.5) is 5.69 Å². The molecule has 2 aromatic rings. The van der Waals surface area contributed by atoms with Crippen molar-refractivity contribution < 1.29 is 30.2 Å². The average Bonchev–Trinajstić information content (AvgIpc) is 3.65. The average molecular weight is 539 g/mol. The normalized spacial score (nSPS) is 19.8. The van der Waals surface area contributed by atoms with E-state index >= 15 is 0 Å². The number of benzene rings is 2. The third-order valence-electron chi connectivity index (χ3n) is 6.03. The first-order valence-electron chi connectivity index (χ1n) is 11.4. The van der Waals surface area contributed by atoms with E-state index in [-0.39, 0.29) is 27.9 Å². The summed E-state index contributed by atoms with van der Waals surface area (Å²) in [6.07, 6.45) is 19.9.